The quantitative estimate of drug-likeness (QED) is 0.924. The van der Waals surface area contributed by atoms with Crippen molar-refractivity contribution < 1.29 is 0 Å². The van der Waals surface area contributed by atoms with Crippen LogP contribution in [0.25, 0.3) is 5.69 Å². The first kappa shape index (κ1) is 11.9. The summed E-state index contributed by atoms with van der Waals surface area (Å²) in [5.74, 6) is 0. The van der Waals surface area contributed by atoms with E-state index in [1.807, 2.05) is 12.5 Å². The standard InChI is InChI=1S/C14H16BrN3/c1-14(6-7-16-9-14)13-8-17-10-18(13)12-4-2-11(15)3-5-12/h2-5,8,10,16H,6-7,9H2,1H3. The van der Waals surface area contributed by atoms with E-state index in [9.17, 15) is 0 Å². The Morgan fingerprint density at radius 2 is 2.11 bits per heavy atom. The Bertz CT molecular complexity index is 538. The van der Waals surface area contributed by atoms with E-state index in [2.05, 4.69) is 62.0 Å². The lowest BCUT2D eigenvalue weighted by atomic mass is 9.86. The third-order valence-electron chi connectivity index (χ3n) is 3.73. The molecule has 1 aromatic heterocycles. The molecule has 1 aliphatic rings. The van der Waals surface area contributed by atoms with Gasteiger partial charge in [-0.2, -0.15) is 0 Å². The first-order valence-electron chi connectivity index (χ1n) is 6.19. The molecule has 4 heteroatoms. The monoisotopic (exact) mass is 305 g/mol. The Morgan fingerprint density at radius 3 is 2.78 bits per heavy atom. The Kier molecular flexibility index (Phi) is 2.99. The van der Waals surface area contributed by atoms with Crippen LogP contribution in [0, 0.1) is 0 Å². The molecule has 1 fully saturated rings. The van der Waals surface area contributed by atoms with Crippen LogP contribution >= 0.6 is 15.9 Å². The highest BCUT2D eigenvalue weighted by Crippen LogP contribution is 2.31. The van der Waals surface area contributed by atoms with Gasteiger partial charge in [0.15, 0.2) is 0 Å². The number of benzene rings is 1. The van der Waals surface area contributed by atoms with Gasteiger partial charge < -0.3 is 9.88 Å². The zero-order valence-corrected chi connectivity index (χ0v) is 11.9. The molecule has 0 amide bonds. The molecule has 0 bridgehead atoms. The van der Waals surface area contributed by atoms with Crippen molar-refractivity contribution in [1.82, 2.24) is 14.9 Å². The van der Waals surface area contributed by atoms with Gasteiger partial charge in [0.1, 0.15) is 0 Å². The Balaban J connectivity index is 2.03. The second-order valence-electron chi connectivity index (χ2n) is 5.11. The molecule has 1 saturated heterocycles. The Morgan fingerprint density at radius 1 is 1.33 bits per heavy atom. The number of halogens is 1. The number of hydrogen-bond donors (Lipinski definition) is 1. The van der Waals surface area contributed by atoms with Crippen molar-refractivity contribution in [3.8, 4) is 5.69 Å². The van der Waals surface area contributed by atoms with Crippen molar-refractivity contribution in [2.75, 3.05) is 13.1 Å². The predicted molar refractivity (Wildman–Crippen MR) is 76.1 cm³/mol. The van der Waals surface area contributed by atoms with E-state index in [0.717, 1.165) is 24.0 Å². The number of nitrogens with one attached hydrogen (secondary N) is 1. The minimum absolute atomic E-state index is 0.184. The number of imidazole rings is 1. The zero-order valence-electron chi connectivity index (χ0n) is 10.4. The van der Waals surface area contributed by atoms with Crippen LogP contribution in [0.3, 0.4) is 0 Å². The SMILES string of the molecule is CC1(c2cncn2-c2ccc(Br)cc2)CCNC1. The van der Waals surface area contributed by atoms with Crippen LogP contribution in [-0.2, 0) is 5.41 Å². The van der Waals surface area contributed by atoms with Gasteiger partial charge in [-0.1, -0.05) is 22.9 Å². The summed E-state index contributed by atoms with van der Waals surface area (Å²) in [5.41, 5.74) is 2.64. The van der Waals surface area contributed by atoms with Gasteiger partial charge in [0.2, 0.25) is 0 Å². The summed E-state index contributed by atoms with van der Waals surface area (Å²) in [6.45, 7) is 4.41. The van der Waals surface area contributed by atoms with Gasteiger partial charge in [-0.25, -0.2) is 4.98 Å². The molecule has 1 atom stereocenters. The number of aromatic nitrogens is 2. The van der Waals surface area contributed by atoms with E-state index in [0.29, 0.717) is 0 Å². The van der Waals surface area contributed by atoms with Crippen LogP contribution < -0.4 is 5.32 Å². The molecular weight excluding hydrogens is 290 g/mol. The number of rotatable bonds is 2. The summed E-state index contributed by atoms with van der Waals surface area (Å²) in [5, 5.41) is 3.44. The maximum atomic E-state index is 4.33. The van der Waals surface area contributed by atoms with E-state index < -0.39 is 0 Å². The summed E-state index contributed by atoms with van der Waals surface area (Å²) in [6.07, 6.45) is 5.06. The second kappa shape index (κ2) is 4.52. The molecule has 1 unspecified atom stereocenters. The fraction of sp³-hybridized carbons (Fsp3) is 0.357. The third-order valence-corrected chi connectivity index (χ3v) is 4.26. The molecule has 3 nitrogen and oxygen atoms in total. The molecule has 2 aromatic rings. The lowest BCUT2D eigenvalue weighted by molar-refractivity contribution is 0.499. The molecule has 2 heterocycles. The first-order chi connectivity index (χ1) is 8.69. The fourth-order valence-electron chi connectivity index (χ4n) is 2.58. The summed E-state index contributed by atoms with van der Waals surface area (Å²) in [4.78, 5) is 4.33. The largest absolute Gasteiger partial charge is 0.316 e. The van der Waals surface area contributed by atoms with Gasteiger partial charge in [-0.05, 0) is 37.2 Å². The lowest BCUT2D eigenvalue weighted by Crippen LogP contribution is -2.27. The van der Waals surface area contributed by atoms with E-state index in [4.69, 9.17) is 0 Å². The first-order valence-corrected chi connectivity index (χ1v) is 6.98. The zero-order chi connectivity index (χ0) is 12.6. The summed E-state index contributed by atoms with van der Waals surface area (Å²) in [7, 11) is 0. The van der Waals surface area contributed by atoms with Crippen LogP contribution in [0.15, 0.2) is 41.3 Å². The maximum Gasteiger partial charge on any atom is 0.0994 e. The van der Waals surface area contributed by atoms with Crippen LogP contribution in [-0.4, -0.2) is 22.6 Å². The van der Waals surface area contributed by atoms with E-state index >= 15 is 0 Å². The normalized spacial score (nSPS) is 23.4. The van der Waals surface area contributed by atoms with Crippen molar-refractivity contribution in [2.45, 2.75) is 18.8 Å². The number of nitrogens with zero attached hydrogens (tertiary/aromatic N) is 2. The van der Waals surface area contributed by atoms with Gasteiger partial charge in [-0.15, -0.1) is 0 Å². The van der Waals surface area contributed by atoms with E-state index in [1.165, 1.54) is 11.4 Å². The van der Waals surface area contributed by atoms with Gasteiger partial charge in [-0.3, -0.25) is 0 Å². The van der Waals surface area contributed by atoms with Crippen molar-refractivity contribution in [3.63, 3.8) is 0 Å². The highest BCUT2D eigenvalue weighted by Gasteiger charge is 2.33. The molecule has 18 heavy (non-hydrogen) atoms. The number of hydrogen-bond acceptors (Lipinski definition) is 2. The average Bonchev–Trinajstić information content (AvgIpc) is 2.99. The molecule has 94 valence electrons. The van der Waals surface area contributed by atoms with Gasteiger partial charge >= 0.3 is 0 Å². The molecule has 3 rings (SSSR count). The molecular formula is C14H16BrN3. The van der Waals surface area contributed by atoms with Gasteiger partial charge in [0.25, 0.3) is 0 Å². The molecule has 1 N–H and O–H groups in total. The molecule has 0 spiro atoms. The van der Waals surface area contributed by atoms with Crippen molar-refractivity contribution in [2.24, 2.45) is 0 Å². The van der Waals surface area contributed by atoms with Crippen molar-refractivity contribution >= 4 is 15.9 Å². The molecule has 0 aliphatic carbocycles. The molecule has 0 saturated carbocycles. The Hall–Kier alpha value is -1.13. The summed E-state index contributed by atoms with van der Waals surface area (Å²) in [6, 6.07) is 8.35. The second-order valence-corrected chi connectivity index (χ2v) is 6.03. The summed E-state index contributed by atoms with van der Waals surface area (Å²) < 4.78 is 3.29. The maximum absolute atomic E-state index is 4.33. The third kappa shape index (κ3) is 1.99. The van der Waals surface area contributed by atoms with Crippen LogP contribution in [0.4, 0.5) is 0 Å². The van der Waals surface area contributed by atoms with Gasteiger partial charge in [0, 0.05) is 34.0 Å². The molecule has 0 radical (unpaired) electrons. The smallest absolute Gasteiger partial charge is 0.0994 e. The predicted octanol–water partition coefficient (Wildman–Crippen LogP) is 2.89. The minimum atomic E-state index is 0.184. The van der Waals surface area contributed by atoms with Crippen LogP contribution in [0.1, 0.15) is 19.0 Å². The van der Waals surface area contributed by atoms with E-state index in [1.54, 1.807) is 0 Å². The topological polar surface area (TPSA) is 29.9 Å². The minimum Gasteiger partial charge on any atom is -0.316 e. The average molecular weight is 306 g/mol. The highest BCUT2D eigenvalue weighted by molar-refractivity contribution is 9.10. The van der Waals surface area contributed by atoms with Crippen LogP contribution in [0.5, 0.6) is 0 Å². The fourth-order valence-corrected chi connectivity index (χ4v) is 2.85. The Labute approximate surface area is 115 Å². The highest BCUT2D eigenvalue weighted by atomic mass is 79.9. The van der Waals surface area contributed by atoms with Crippen molar-refractivity contribution in [3.05, 3.63) is 47.0 Å². The molecule has 1 aromatic carbocycles. The van der Waals surface area contributed by atoms with Crippen molar-refractivity contribution in [1.29, 1.82) is 0 Å². The summed E-state index contributed by atoms with van der Waals surface area (Å²) >= 11 is 3.47. The van der Waals surface area contributed by atoms with Crippen LogP contribution in [0.2, 0.25) is 0 Å². The van der Waals surface area contributed by atoms with Gasteiger partial charge in [0.05, 0.1) is 6.33 Å². The van der Waals surface area contributed by atoms with E-state index in [-0.39, 0.29) is 5.41 Å². The molecule has 1 aliphatic heterocycles. The lowest BCUT2D eigenvalue weighted by Gasteiger charge is -2.24.